The molecule has 0 spiro atoms. The summed E-state index contributed by atoms with van der Waals surface area (Å²) < 4.78 is 0. The van der Waals surface area contributed by atoms with E-state index in [0.717, 1.165) is 78.7 Å². The first-order chi connectivity index (χ1) is 23.7. The molecule has 3 heteroatoms. The summed E-state index contributed by atoms with van der Waals surface area (Å²) in [5.41, 5.74) is 14.2. The molecule has 1 heterocycles. The van der Waals surface area contributed by atoms with Gasteiger partial charge in [0.05, 0.1) is 34.2 Å². The SMILES string of the molecule is CC(=Nc1cccc(-c2ccccc2)c1-c1ccccc1)c1cccc(C(C)=Nc2cccc(-c3ccccc3)c2-c2ccccc2)n1. The summed E-state index contributed by atoms with van der Waals surface area (Å²) in [5, 5.41) is 0. The summed E-state index contributed by atoms with van der Waals surface area (Å²) in [6.45, 7) is 4.05. The molecular weight excluding hydrogens is 583 g/mol. The van der Waals surface area contributed by atoms with Crippen molar-refractivity contribution in [1.82, 2.24) is 4.98 Å². The minimum absolute atomic E-state index is 0.812. The van der Waals surface area contributed by atoms with Crippen molar-refractivity contribution in [3.8, 4) is 44.5 Å². The van der Waals surface area contributed by atoms with E-state index in [1.54, 1.807) is 0 Å². The quantitative estimate of drug-likeness (QED) is 0.156. The summed E-state index contributed by atoms with van der Waals surface area (Å²) in [6.07, 6.45) is 0. The molecule has 0 radical (unpaired) electrons. The van der Waals surface area contributed by atoms with Gasteiger partial charge in [-0.3, -0.25) is 9.98 Å². The standard InChI is InChI=1S/C45H35N3/c1-32(46-42-30-15-26-38(34-18-7-3-8-19-34)44(42)36-22-11-5-12-23-36)40-28-17-29-41(48-40)33(2)47-43-31-16-27-39(35-20-9-4-10-21-35)45(43)37-24-13-6-14-25-37/h3-31H,1-2H3. The molecule has 0 aliphatic rings. The maximum absolute atomic E-state index is 5.19. The van der Waals surface area contributed by atoms with E-state index in [9.17, 15) is 0 Å². The maximum Gasteiger partial charge on any atom is 0.0849 e. The summed E-state index contributed by atoms with van der Waals surface area (Å²) >= 11 is 0. The number of nitrogens with zero attached hydrogens (tertiary/aromatic N) is 3. The Morgan fingerprint density at radius 1 is 0.354 bits per heavy atom. The first-order valence-corrected chi connectivity index (χ1v) is 16.2. The molecule has 3 nitrogen and oxygen atoms in total. The number of aromatic nitrogens is 1. The van der Waals surface area contributed by atoms with Crippen LogP contribution in [0.3, 0.4) is 0 Å². The molecule has 0 N–H and O–H groups in total. The van der Waals surface area contributed by atoms with Gasteiger partial charge >= 0.3 is 0 Å². The predicted octanol–water partition coefficient (Wildman–Crippen LogP) is 12.0. The molecule has 7 aromatic rings. The normalized spacial score (nSPS) is 11.8. The third-order valence-electron chi connectivity index (χ3n) is 8.45. The molecule has 1 aromatic heterocycles. The zero-order chi connectivity index (χ0) is 32.7. The monoisotopic (exact) mass is 617 g/mol. The van der Waals surface area contributed by atoms with Crippen molar-refractivity contribution in [1.29, 1.82) is 0 Å². The van der Waals surface area contributed by atoms with Gasteiger partial charge in [0.1, 0.15) is 0 Å². The van der Waals surface area contributed by atoms with Crippen LogP contribution in [0.1, 0.15) is 25.2 Å². The van der Waals surface area contributed by atoms with Crippen LogP contribution < -0.4 is 0 Å². The average molecular weight is 618 g/mol. The lowest BCUT2D eigenvalue weighted by molar-refractivity contribution is 1.24. The van der Waals surface area contributed by atoms with Crippen molar-refractivity contribution >= 4 is 22.8 Å². The first-order valence-electron chi connectivity index (χ1n) is 16.2. The zero-order valence-corrected chi connectivity index (χ0v) is 27.1. The second-order valence-corrected chi connectivity index (χ2v) is 11.7. The van der Waals surface area contributed by atoms with Crippen LogP contribution in [-0.4, -0.2) is 16.4 Å². The van der Waals surface area contributed by atoms with Crippen LogP contribution in [-0.2, 0) is 0 Å². The summed E-state index contributed by atoms with van der Waals surface area (Å²) in [6, 6.07) is 60.7. The Morgan fingerprint density at radius 3 is 1.06 bits per heavy atom. The molecule has 230 valence electrons. The highest BCUT2D eigenvalue weighted by molar-refractivity contribution is 6.04. The third kappa shape index (κ3) is 6.53. The van der Waals surface area contributed by atoms with Crippen LogP contribution >= 0.6 is 0 Å². The van der Waals surface area contributed by atoms with Gasteiger partial charge in [0.2, 0.25) is 0 Å². The second kappa shape index (κ2) is 14.1. The van der Waals surface area contributed by atoms with Gasteiger partial charge in [-0.25, -0.2) is 4.98 Å². The lowest BCUT2D eigenvalue weighted by Gasteiger charge is -2.15. The van der Waals surface area contributed by atoms with Crippen molar-refractivity contribution in [2.24, 2.45) is 9.98 Å². The molecule has 0 fully saturated rings. The van der Waals surface area contributed by atoms with E-state index in [-0.39, 0.29) is 0 Å². The van der Waals surface area contributed by atoms with E-state index in [2.05, 4.69) is 133 Å². The van der Waals surface area contributed by atoms with E-state index < -0.39 is 0 Å². The first kappa shape index (κ1) is 30.5. The van der Waals surface area contributed by atoms with Crippen molar-refractivity contribution < 1.29 is 0 Å². The molecule has 48 heavy (non-hydrogen) atoms. The van der Waals surface area contributed by atoms with E-state index >= 15 is 0 Å². The van der Waals surface area contributed by atoms with Crippen LogP contribution in [0, 0.1) is 0 Å². The molecule has 6 aromatic carbocycles. The number of benzene rings is 6. The molecule has 0 saturated heterocycles. The summed E-state index contributed by atoms with van der Waals surface area (Å²) in [5.74, 6) is 0. The summed E-state index contributed by atoms with van der Waals surface area (Å²) in [7, 11) is 0. The summed E-state index contributed by atoms with van der Waals surface area (Å²) in [4.78, 5) is 15.4. The molecule has 0 atom stereocenters. The molecule has 0 amide bonds. The highest BCUT2D eigenvalue weighted by Crippen LogP contribution is 2.41. The van der Waals surface area contributed by atoms with Gasteiger partial charge in [0.25, 0.3) is 0 Å². The van der Waals surface area contributed by atoms with Crippen LogP contribution in [0.25, 0.3) is 44.5 Å². The van der Waals surface area contributed by atoms with Gasteiger partial charge in [0, 0.05) is 11.1 Å². The molecule has 0 aliphatic carbocycles. The minimum atomic E-state index is 0.812. The molecule has 0 bridgehead atoms. The predicted molar refractivity (Wildman–Crippen MR) is 203 cm³/mol. The largest absolute Gasteiger partial charge is 0.251 e. The van der Waals surface area contributed by atoms with Crippen molar-refractivity contribution in [3.05, 3.63) is 187 Å². The van der Waals surface area contributed by atoms with E-state index in [4.69, 9.17) is 15.0 Å². The van der Waals surface area contributed by atoms with E-state index in [0.29, 0.717) is 0 Å². The van der Waals surface area contributed by atoms with Gasteiger partial charge in [-0.1, -0.05) is 152 Å². The number of rotatable bonds is 8. The zero-order valence-electron chi connectivity index (χ0n) is 27.1. The van der Waals surface area contributed by atoms with E-state index in [1.807, 2.05) is 56.3 Å². The maximum atomic E-state index is 5.19. The molecule has 0 saturated carbocycles. The van der Waals surface area contributed by atoms with E-state index in [1.165, 1.54) is 0 Å². The molecule has 0 unspecified atom stereocenters. The van der Waals surface area contributed by atoms with Crippen LogP contribution in [0.5, 0.6) is 0 Å². The Labute approximate surface area is 282 Å². The lowest BCUT2D eigenvalue weighted by Crippen LogP contribution is -2.05. The lowest BCUT2D eigenvalue weighted by atomic mass is 9.93. The number of pyridine rings is 1. The highest BCUT2D eigenvalue weighted by Gasteiger charge is 2.15. The van der Waals surface area contributed by atoms with Gasteiger partial charge in [-0.05, 0) is 71.5 Å². The van der Waals surface area contributed by atoms with Gasteiger partial charge in [0.15, 0.2) is 0 Å². The van der Waals surface area contributed by atoms with Crippen molar-refractivity contribution in [2.45, 2.75) is 13.8 Å². The molecular formula is C45H35N3. The van der Waals surface area contributed by atoms with Crippen LogP contribution in [0.4, 0.5) is 11.4 Å². The minimum Gasteiger partial charge on any atom is -0.251 e. The van der Waals surface area contributed by atoms with Crippen molar-refractivity contribution in [3.63, 3.8) is 0 Å². The fourth-order valence-corrected chi connectivity index (χ4v) is 6.11. The fraction of sp³-hybridized carbons (Fsp3) is 0.0444. The number of hydrogen-bond acceptors (Lipinski definition) is 3. The molecule has 0 aliphatic heterocycles. The highest BCUT2D eigenvalue weighted by atomic mass is 14.8. The van der Waals surface area contributed by atoms with Crippen LogP contribution in [0.2, 0.25) is 0 Å². The topological polar surface area (TPSA) is 37.6 Å². The Morgan fingerprint density at radius 2 is 0.688 bits per heavy atom. The Hall–Kier alpha value is -6.19. The smallest absolute Gasteiger partial charge is 0.0849 e. The Kier molecular flexibility index (Phi) is 8.93. The van der Waals surface area contributed by atoms with Gasteiger partial charge in [-0.2, -0.15) is 0 Å². The fourth-order valence-electron chi connectivity index (χ4n) is 6.11. The number of hydrogen-bond donors (Lipinski definition) is 0. The van der Waals surface area contributed by atoms with Gasteiger partial charge in [-0.15, -0.1) is 0 Å². The van der Waals surface area contributed by atoms with Gasteiger partial charge < -0.3 is 0 Å². The number of aliphatic imine (C=N–C) groups is 2. The van der Waals surface area contributed by atoms with Crippen LogP contribution in [0.15, 0.2) is 186 Å². The average Bonchev–Trinajstić information content (AvgIpc) is 3.16. The Balaban J connectivity index is 1.29. The van der Waals surface area contributed by atoms with Crippen molar-refractivity contribution in [2.75, 3.05) is 0 Å². The Bertz CT molecular complexity index is 2060. The second-order valence-electron chi connectivity index (χ2n) is 11.7. The molecule has 7 rings (SSSR count). The third-order valence-corrected chi connectivity index (χ3v) is 8.45.